The molecule has 1 aliphatic rings. The van der Waals surface area contributed by atoms with Gasteiger partial charge in [0, 0.05) is 18.5 Å². The molecule has 8 nitrogen and oxygen atoms in total. The van der Waals surface area contributed by atoms with E-state index >= 15 is 0 Å². The Kier molecular flexibility index (Phi) is 7.24. The smallest absolute Gasteiger partial charge is 0.354 e. The van der Waals surface area contributed by atoms with E-state index in [0.717, 1.165) is 52.0 Å². The second-order valence-corrected chi connectivity index (χ2v) is 9.18. The molecule has 8 heteroatoms. The molecule has 1 atom stereocenters. The van der Waals surface area contributed by atoms with Gasteiger partial charge in [-0.25, -0.2) is 9.78 Å². The highest BCUT2D eigenvalue weighted by molar-refractivity contribution is 6.05. The molecular formula is C30H30N4O4. The van der Waals surface area contributed by atoms with Crippen LogP contribution in [0.3, 0.4) is 0 Å². The predicted molar refractivity (Wildman–Crippen MR) is 146 cm³/mol. The van der Waals surface area contributed by atoms with E-state index in [1.165, 1.54) is 0 Å². The average molecular weight is 511 g/mol. The molecule has 0 radical (unpaired) electrons. The SMILES string of the molecule is CCCc1nc(CC)c(C(=O)O)n1Cc1ccc(-c2cc(-c3ccccc3)ccc2C2=NOC(O)N2)cc1. The number of aryl methyl sites for hydroxylation is 2. The van der Waals surface area contributed by atoms with Crippen LogP contribution in [0.15, 0.2) is 78.0 Å². The Morgan fingerprint density at radius 2 is 1.71 bits per heavy atom. The number of hydrogen-bond acceptors (Lipinski definition) is 6. The summed E-state index contributed by atoms with van der Waals surface area (Å²) < 4.78 is 1.83. The van der Waals surface area contributed by atoms with Crippen molar-refractivity contribution in [1.82, 2.24) is 14.9 Å². The zero-order valence-electron chi connectivity index (χ0n) is 21.4. The summed E-state index contributed by atoms with van der Waals surface area (Å²) >= 11 is 0. The van der Waals surface area contributed by atoms with Crippen molar-refractivity contribution in [3.63, 3.8) is 0 Å². The van der Waals surface area contributed by atoms with Crippen LogP contribution in [0.4, 0.5) is 0 Å². The first-order chi connectivity index (χ1) is 18.5. The number of aromatic nitrogens is 2. The number of aliphatic hydroxyl groups is 1. The number of carboxylic acid groups (broad SMARTS) is 1. The van der Waals surface area contributed by atoms with Crippen molar-refractivity contribution in [3.8, 4) is 22.3 Å². The van der Waals surface area contributed by atoms with Gasteiger partial charge in [0.25, 0.3) is 0 Å². The van der Waals surface area contributed by atoms with Crippen molar-refractivity contribution in [3.05, 3.63) is 101 Å². The van der Waals surface area contributed by atoms with Crippen LogP contribution in [-0.4, -0.2) is 38.0 Å². The topological polar surface area (TPSA) is 109 Å². The molecule has 2 heterocycles. The molecule has 0 fully saturated rings. The maximum atomic E-state index is 12.1. The van der Waals surface area contributed by atoms with Crippen LogP contribution in [-0.2, 0) is 24.2 Å². The van der Waals surface area contributed by atoms with Gasteiger partial charge in [-0.3, -0.25) is 0 Å². The van der Waals surface area contributed by atoms with Crippen molar-refractivity contribution < 1.29 is 19.8 Å². The van der Waals surface area contributed by atoms with Gasteiger partial charge in [-0.2, -0.15) is 0 Å². The molecule has 0 saturated carbocycles. The number of oxime groups is 1. The summed E-state index contributed by atoms with van der Waals surface area (Å²) in [6.45, 7) is 4.42. The molecule has 5 rings (SSSR count). The van der Waals surface area contributed by atoms with Gasteiger partial charge in [0.15, 0.2) is 11.5 Å². The summed E-state index contributed by atoms with van der Waals surface area (Å²) in [6.07, 6.45) is 0.991. The molecule has 0 saturated heterocycles. The van der Waals surface area contributed by atoms with Crippen LogP contribution in [0.5, 0.6) is 0 Å². The molecule has 0 bridgehead atoms. The third-order valence-electron chi connectivity index (χ3n) is 6.62. The van der Waals surface area contributed by atoms with Gasteiger partial charge >= 0.3 is 12.4 Å². The third-order valence-corrected chi connectivity index (χ3v) is 6.62. The maximum absolute atomic E-state index is 12.1. The van der Waals surface area contributed by atoms with Gasteiger partial charge in [0.05, 0.1) is 5.69 Å². The van der Waals surface area contributed by atoms with E-state index in [2.05, 4.69) is 40.6 Å². The van der Waals surface area contributed by atoms with E-state index in [4.69, 9.17) is 4.84 Å². The molecule has 1 unspecified atom stereocenters. The van der Waals surface area contributed by atoms with Crippen molar-refractivity contribution in [1.29, 1.82) is 0 Å². The Hall–Kier alpha value is -4.43. The Labute approximate surface area is 221 Å². The number of aliphatic hydroxyl groups excluding tert-OH is 1. The van der Waals surface area contributed by atoms with Gasteiger partial charge in [-0.1, -0.05) is 79.7 Å². The van der Waals surface area contributed by atoms with Gasteiger partial charge in [0.2, 0.25) is 0 Å². The Balaban J connectivity index is 1.52. The quantitative estimate of drug-likeness (QED) is 0.291. The summed E-state index contributed by atoms with van der Waals surface area (Å²) in [5, 5.41) is 26.5. The highest BCUT2D eigenvalue weighted by Crippen LogP contribution is 2.31. The zero-order valence-corrected chi connectivity index (χ0v) is 21.4. The molecule has 1 aliphatic heterocycles. The normalized spacial score (nSPS) is 14.6. The second kappa shape index (κ2) is 10.9. The molecule has 0 aliphatic carbocycles. The summed E-state index contributed by atoms with van der Waals surface area (Å²) in [7, 11) is 0. The number of benzene rings is 3. The molecule has 3 N–H and O–H groups in total. The van der Waals surface area contributed by atoms with E-state index in [1.54, 1.807) is 0 Å². The van der Waals surface area contributed by atoms with E-state index < -0.39 is 12.4 Å². The monoisotopic (exact) mass is 510 g/mol. The average Bonchev–Trinajstić information content (AvgIpc) is 3.53. The molecule has 0 amide bonds. The molecule has 38 heavy (non-hydrogen) atoms. The number of imidazole rings is 1. The maximum Gasteiger partial charge on any atom is 0.354 e. The molecule has 3 aromatic carbocycles. The first-order valence-electron chi connectivity index (χ1n) is 12.8. The number of carbonyl (C=O) groups is 1. The van der Waals surface area contributed by atoms with Crippen LogP contribution in [0.25, 0.3) is 22.3 Å². The van der Waals surface area contributed by atoms with Crippen LogP contribution >= 0.6 is 0 Å². The minimum absolute atomic E-state index is 0.266. The lowest BCUT2D eigenvalue weighted by Gasteiger charge is -2.14. The first kappa shape index (κ1) is 25.2. The summed E-state index contributed by atoms with van der Waals surface area (Å²) in [5.74, 6) is 0.300. The number of carboxylic acids is 1. The lowest BCUT2D eigenvalue weighted by molar-refractivity contribution is -0.0896. The predicted octanol–water partition coefficient (Wildman–Crippen LogP) is 5.04. The van der Waals surface area contributed by atoms with Crippen molar-refractivity contribution in [2.75, 3.05) is 0 Å². The fourth-order valence-electron chi connectivity index (χ4n) is 4.80. The van der Waals surface area contributed by atoms with Crippen molar-refractivity contribution >= 4 is 11.8 Å². The highest BCUT2D eigenvalue weighted by Gasteiger charge is 2.23. The van der Waals surface area contributed by atoms with Crippen LogP contribution < -0.4 is 5.32 Å². The number of nitrogens with zero attached hydrogens (tertiary/aromatic N) is 3. The fourth-order valence-corrected chi connectivity index (χ4v) is 4.80. The van der Waals surface area contributed by atoms with E-state index in [-0.39, 0.29) is 5.69 Å². The van der Waals surface area contributed by atoms with Gasteiger partial charge in [-0.15, -0.1) is 0 Å². The third kappa shape index (κ3) is 5.03. The molecular weight excluding hydrogens is 480 g/mol. The first-order valence-corrected chi connectivity index (χ1v) is 12.8. The van der Waals surface area contributed by atoms with Crippen LogP contribution in [0, 0.1) is 0 Å². The van der Waals surface area contributed by atoms with E-state index in [9.17, 15) is 15.0 Å². The second-order valence-electron chi connectivity index (χ2n) is 9.18. The number of hydrogen-bond donors (Lipinski definition) is 3. The largest absolute Gasteiger partial charge is 0.477 e. The zero-order chi connectivity index (χ0) is 26.6. The summed E-state index contributed by atoms with van der Waals surface area (Å²) in [5.41, 5.74) is 6.69. The van der Waals surface area contributed by atoms with Gasteiger partial charge in [0.1, 0.15) is 5.82 Å². The summed E-state index contributed by atoms with van der Waals surface area (Å²) in [4.78, 5) is 21.7. The molecule has 4 aromatic rings. The summed E-state index contributed by atoms with van der Waals surface area (Å²) in [6, 6.07) is 24.3. The lowest BCUT2D eigenvalue weighted by atomic mass is 9.93. The number of rotatable bonds is 9. The Morgan fingerprint density at radius 3 is 2.34 bits per heavy atom. The molecule has 0 spiro atoms. The Bertz CT molecular complexity index is 1480. The lowest BCUT2D eigenvalue weighted by Crippen LogP contribution is -2.29. The molecule has 1 aromatic heterocycles. The van der Waals surface area contributed by atoms with Crippen LogP contribution in [0.1, 0.15) is 53.4 Å². The fraction of sp³-hybridized carbons (Fsp3) is 0.233. The van der Waals surface area contributed by atoms with Gasteiger partial charge < -0.3 is 24.9 Å². The number of amidine groups is 1. The van der Waals surface area contributed by atoms with Gasteiger partial charge in [-0.05, 0) is 52.8 Å². The standard InChI is InChI=1S/C30H30N4O4/c1-3-8-26-31-25(4-2)27(29(35)36)34(26)18-19-11-13-21(14-12-19)24-17-22(20-9-6-5-7-10-20)15-16-23(24)28-32-30(37)38-33-28/h5-7,9-17,30,37H,3-4,8,18H2,1-2H3,(H,32,33)(H,35,36). The number of aromatic carboxylic acids is 1. The Morgan fingerprint density at radius 1 is 0.974 bits per heavy atom. The van der Waals surface area contributed by atoms with E-state index in [1.807, 2.05) is 66.1 Å². The molecule has 194 valence electrons. The minimum Gasteiger partial charge on any atom is -0.477 e. The van der Waals surface area contributed by atoms with E-state index in [0.29, 0.717) is 24.5 Å². The van der Waals surface area contributed by atoms with Crippen LogP contribution in [0.2, 0.25) is 0 Å². The van der Waals surface area contributed by atoms with Crippen molar-refractivity contribution in [2.24, 2.45) is 5.16 Å². The minimum atomic E-state index is -1.18. The van der Waals surface area contributed by atoms with Crippen molar-refractivity contribution in [2.45, 2.75) is 46.1 Å². The number of nitrogens with one attached hydrogen (secondary N) is 1. The highest BCUT2D eigenvalue weighted by atomic mass is 16.7.